The Bertz CT molecular complexity index is 727. The zero-order valence-electron chi connectivity index (χ0n) is 18.3. The van der Waals surface area contributed by atoms with Crippen LogP contribution in [-0.4, -0.2) is 95.9 Å². The molecule has 11 nitrogen and oxygen atoms in total. The Kier molecular flexibility index (Phi) is 10.1. The van der Waals surface area contributed by atoms with Crippen molar-refractivity contribution in [1.82, 2.24) is 4.90 Å². The number of esters is 4. The van der Waals surface area contributed by atoms with Crippen LogP contribution in [0.2, 0.25) is 0 Å². The molecule has 5 atom stereocenters. The first-order valence-electron chi connectivity index (χ1n) is 9.92. The number of rotatable bonds is 6. The summed E-state index contributed by atoms with van der Waals surface area (Å²) < 4.78 is 33.1. The van der Waals surface area contributed by atoms with E-state index in [0.717, 1.165) is 11.8 Å². The lowest BCUT2D eigenvalue weighted by Crippen LogP contribution is -2.62. The summed E-state index contributed by atoms with van der Waals surface area (Å²) >= 11 is 6.62. The molecule has 0 N–H and O–H groups in total. The molecule has 2 aliphatic rings. The number of nitrogens with zero attached hydrogens (tertiary/aromatic N) is 1. The maximum absolute atomic E-state index is 11.8. The maximum Gasteiger partial charge on any atom is 0.303 e. The van der Waals surface area contributed by atoms with E-state index in [9.17, 15) is 19.2 Å². The molecule has 0 saturated carbocycles. The van der Waals surface area contributed by atoms with E-state index in [-0.39, 0.29) is 6.61 Å². The fraction of sp³-hybridized carbons (Fsp3) is 0.737. The summed E-state index contributed by atoms with van der Waals surface area (Å²) in [6.45, 7) is 6.66. The smallest absolute Gasteiger partial charge is 0.303 e. The van der Waals surface area contributed by atoms with Gasteiger partial charge in [-0.15, -0.1) is 0 Å². The molecule has 32 heavy (non-hydrogen) atoms. The molecule has 3 unspecified atom stereocenters. The molecule has 13 heteroatoms. The SMILES string of the molecule is CC(=O)OCC1O[C@@H](SC(=S)N2CCOCC2)C(OC(C)=O)C(OC(C)=O)[C@H]1OC(C)=O. The van der Waals surface area contributed by atoms with E-state index in [1.165, 1.54) is 27.7 Å². The summed E-state index contributed by atoms with van der Waals surface area (Å²) in [6.07, 6.45) is -4.53. The maximum atomic E-state index is 11.8. The van der Waals surface area contributed by atoms with E-state index in [1.807, 2.05) is 4.90 Å². The molecule has 0 spiro atoms. The van der Waals surface area contributed by atoms with Crippen LogP contribution < -0.4 is 0 Å². The minimum atomic E-state index is -1.21. The monoisotopic (exact) mass is 493 g/mol. The van der Waals surface area contributed by atoms with Crippen molar-refractivity contribution in [2.75, 3.05) is 32.9 Å². The zero-order chi connectivity index (χ0) is 23.8. The van der Waals surface area contributed by atoms with Crippen molar-refractivity contribution in [3.8, 4) is 0 Å². The van der Waals surface area contributed by atoms with E-state index in [2.05, 4.69) is 0 Å². The van der Waals surface area contributed by atoms with Crippen LogP contribution in [0, 0.1) is 0 Å². The van der Waals surface area contributed by atoms with Gasteiger partial charge in [-0.2, -0.15) is 0 Å². The third-order valence-corrected chi connectivity index (χ3v) is 6.05. The second-order valence-corrected chi connectivity index (χ2v) is 8.78. The number of thiocarbonyl (C=S) groups is 1. The van der Waals surface area contributed by atoms with Crippen molar-refractivity contribution in [3.63, 3.8) is 0 Å². The Hall–Kier alpha value is -1.96. The van der Waals surface area contributed by atoms with Gasteiger partial charge in [0.15, 0.2) is 23.7 Å². The Morgan fingerprint density at radius 3 is 1.94 bits per heavy atom. The molecule has 0 aromatic carbocycles. The fourth-order valence-electron chi connectivity index (χ4n) is 3.20. The van der Waals surface area contributed by atoms with Gasteiger partial charge in [-0.1, -0.05) is 24.0 Å². The second kappa shape index (κ2) is 12.3. The molecule has 0 amide bonds. The van der Waals surface area contributed by atoms with Gasteiger partial charge in [-0.3, -0.25) is 19.2 Å². The number of hydrogen-bond donors (Lipinski definition) is 0. The Balaban J connectivity index is 2.35. The van der Waals surface area contributed by atoms with Gasteiger partial charge in [0.2, 0.25) is 0 Å². The first kappa shape index (κ1) is 26.3. The van der Waals surface area contributed by atoms with Gasteiger partial charge >= 0.3 is 23.9 Å². The van der Waals surface area contributed by atoms with Crippen molar-refractivity contribution in [3.05, 3.63) is 0 Å². The number of ether oxygens (including phenoxy) is 6. The minimum Gasteiger partial charge on any atom is -0.463 e. The summed E-state index contributed by atoms with van der Waals surface area (Å²) in [4.78, 5) is 48.7. The summed E-state index contributed by atoms with van der Waals surface area (Å²) in [6, 6.07) is 0. The van der Waals surface area contributed by atoms with Gasteiger partial charge in [-0.05, 0) is 0 Å². The number of carbonyl (C=O) groups is 4. The fourth-order valence-corrected chi connectivity index (χ4v) is 4.74. The summed E-state index contributed by atoms with van der Waals surface area (Å²) in [5.74, 6) is -2.59. The highest BCUT2D eigenvalue weighted by molar-refractivity contribution is 8.23. The van der Waals surface area contributed by atoms with Crippen LogP contribution in [0.4, 0.5) is 0 Å². The normalized spacial score (nSPS) is 27.8. The first-order chi connectivity index (χ1) is 15.1. The number of hydrogen-bond acceptors (Lipinski definition) is 12. The van der Waals surface area contributed by atoms with Gasteiger partial charge in [0.05, 0.1) is 13.2 Å². The molecule has 2 rings (SSSR count). The van der Waals surface area contributed by atoms with E-state index in [0.29, 0.717) is 30.6 Å². The third kappa shape index (κ3) is 7.87. The lowest BCUT2D eigenvalue weighted by molar-refractivity contribution is -0.237. The van der Waals surface area contributed by atoms with Crippen molar-refractivity contribution >= 4 is 52.2 Å². The highest BCUT2D eigenvalue weighted by Gasteiger charge is 2.52. The molecule has 2 fully saturated rings. The topological polar surface area (TPSA) is 127 Å². The quantitative estimate of drug-likeness (QED) is 0.288. The van der Waals surface area contributed by atoms with Crippen molar-refractivity contribution in [2.24, 2.45) is 0 Å². The molecular weight excluding hydrogens is 466 g/mol. The molecule has 0 aromatic heterocycles. The van der Waals surface area contributed by atoms with Gasteiger partial charge in [-0.25, -0.2) is 0 Å². The Labute approximate surface area is 195 Å². The van der Waals surface area contributed by atoms with Gasteiger partial charge in [0.25, 0.3) is 0 Å². The molecule has 2 saturated heterocycles. The standard InChI is InChI=1S/C19H27NO10S2/c1-10(21)26-9-14-15(27-11(2)22)16(28-12(3)23)17(29-13(4)24)18(30-14)32-19(31)20-5-7-25-8-6-20/h14-18H,5-9H2,1-4H3/t14?,15-,16?,17?,18-/m0/s1. The van der Waals surface area contributed by atoms with Crippen molar-refractivity contribution < 1.29 is 47.6 Å². The predicted molar refractivity (Wildman–Crippen MR) is 115 cm³/mol. The molecule has 0 radical (unpaired) electrons. The average Bonchev–Trinajstić information content (AvgIpc) is 2.70. The summed E-state index contributed by atoms with van der Waals surface area (Å²) in [7, 11) is 0. The number of carbonyl (C=O) groups excluding carboxylic acids is 4. The summed E-state index contributed by atoms with van der Waals surface area (Å²) in [5, 5.41) is 0. The van der Waals surface area contributed by atoms with Crippen LogP contribution in [0.5, 0.6) is 0 Å². The van der Waals surface area contributed by atoms with E-state index in [1.54, 1.807) is 0 Å². The van der Waals surface area contributed by atoms with Crippen LogP contribution in [-0.2, 0) is 47.6 Å². The Morgan fingerprint density at radius 1 is 0.875 bits per heavy atom. The third-order valence-electron chi connectivity index (χ3n) is 4.43. The van der Waals surface area contributed by atoms with Crippen molar-refractivity contribution in [2.45, 2.75) is 57.5 Å². The lowest BCUT2D eigenvalue weighted by Gasteiger charge is -2.44. The van der Waals surface area contributed by atoms with Gasteiger partial charge in [0, 0.05) is 40.8 Å². The van der Waals surface area contributed by atoms with Crippen molar-refractivity contribution in [1.29, 1.82) is 0 Å². The minimum absolute atomic E-state index is 0.279. The second-order valence-electron chi connectivity index (χ2n) is 7.05. The number of morpholine rings is 1. The Morgan fingerprint density at radius 2 is 1.41 bits per heavy atom. The molecule has 180 valence electrons. The highest BCUT2D eigenvalue weighted by Crippen LogP contribution is 2.35. The van der Waals surface area contributed by atoms with Gasteiger partial charge in [0.1, 0.15) is 17.0 Å². The molecular formula is C19H27NO10S2. The summed E-state index contributed by atoms with van der Waals surface area (Å²) in [5.41, 5.74) is -0.925. The zero-order valence-corrected chi connectivity index (χ0v) is 19.9. The van der Waals surface area contributed by atoms with E-state index in [4.69, 9.17) is 40.6 Å². The average molecular weight is 494 g/mol. The lowest BCUT2D eigenvalue weighted by atomic mass is 9.99. The van der Waals surface area contributed by atoms with Crippen LogP contribution in [0.25, 0.3) is 0 Å². The van der Waals surface area contributed by atoms with E-state index < -0.39 is 53.7 Å². The molecule has 2 aliphatic heterocycles. The van der Waals surface area contributed by atoms with Crippen LogP contribution in [0.1, 0.15) is 27.7 Å². The molecule has 0 bridgehead atoms. The largest absolute Gasteiger partial charge is 0.463 e. The van der Waals surface area contributed by atoms with Crippen LogP contribution in [0.3, 0.4) is 0 Å². The van der Waals surface area contributed by atoms with Gasteiger partial charge < -0.3 is 33.3 Å². The van der Waals surface area contributed by atoms with Crippen LogP contribution in [0.15, 0.2) is 0 Å². The number of thioether (sulfide) groups is 1. The molecule has 0 aliphatic carbocycles. The van der Waals surface area contributed by atoms with Crippen LogP contribution >= 0.6 is 24.0 Å². The molecule has 0 aromatic rings. The highest BCUT2D eigenvalue weighted by atomic mass is 32.2. The molecule has 2 heterocycles. The predicted octanol–water partition coefficient (Wildman–Crippen LogP) is 0.420. The first-order valence-corrected chi connectivity index (χ1v) is 11.2. The van der Waals surface area contributed by atoms with E-state index >= 15 is 0 Å².